The van der Waals surface area contributed by atoms with E-state index < -0.39 is 0 Å². The Morgan fingerprint density at radius 2 is 2.29 bits per heavy atom. The van der Waals surface area contributed by atoms with E-state index in [1.807, 2.05) is 7.05 Å². The number of hydrogen-bond acceptors (Lipinski definition) is 2. The van der Waals surface area contributed by atoms with Gasteiger partial charge in [-0.05, 0) is 24.7 Å². The Labute approximate surface area is 104 Å². The molecule has 0 radical (unpaired) electrons. The Morgan fingerprint density at radius 1 is 1.53 bits per heavy atom. The third-order valence-corrected chi connectivity index (χ3v) is 3.93. The molecule has 1 N–H and O–H groups in total. The summed E-state index contributed by atoms with van der Waals surface area (Å²) in [5.41, 5.74) is 0. The molecule has 17 heavy (non-hydrogen) atoms. The van der Waals surface area contributed by atoms with Crippen LogP contribution in [0.3, 0.4) is 0 Å². The molecular formula is C13H25N3O. The summed E-state index contributed by atoms with van der Waals surface area (Å²) in [4.78, 5) is 6.57. The third-order valence-electron chi connectivity index (χ3n) is 3.93. The second kappa shape index (κ2) is 5.71. The molecule has 0 bridgehead atoms. The van der Waals surface area contributed by atoms with Crippen molar-refractivity contribution in [3.05, 3.63) is 0 Å². The van der Waals surface area contributed by atoms with Crippen molar-refractivity contribution in [2.24, 2.45) is 22.7 Å². The first kappa shape index (κ1) is 12.7. The normalized spacial score (nSPS) is 32.6. The predicted molar refractivity (Wildman–Crippen MR) is 70.2 cm³/mol. The zero-order valence-corrected chi connectivity index (χ0v) is 11.3. The Kier molecular flexibility index (Phi) is 4.26. The van der Waals surface area contributed by atoms with E-state index in [9.17, 15) is 0 Å². The second-order valence-electron chi connectivity index (χ2n) is 5.51. The summed E-state index contributed by atoms with van der Waals surface area (Å²) in [5.74, 6) is 3.44. The fraction of sp³-hybridized carbons (Fsp3) is 0.923. The molecule has 0 spiro atoms. The molecule has 3 atom stereocenters. The maximum Gasteiger partial charge on any atom is 0.193 e. The van der Waals surface area contributed by atoms with Gasteiger partial charge in [-0.2, -0.15) is 0 Å². The van der Waals surface area contributed by atoms with E-state index in [-0.39, 0.29) is 0 Å². The van der Waals surface area contributed by atoms with Crippen molar-refractivity contribution < 1.29 is 4.74 Å². The summed E-state index contributed by atoms with van der Waals surface area (Å²) >= 11 is 0. The standard InChI is InChI=1S/C13H25N3O/c1-10-6-12(10)7-15-13(14-2)16(3)8-11-4-5-17-9-11/h10-12H,4-9H2,1-3H3,(H,14,15). The summed E-state index contributed by atoms with van der Waals surface area (Å²) in [5, 5.41) is 3.47. The molecule has 2 fully saturated rings. The first-order chi connectivity index (χ1) is 8.20. The van der Waals surface area contributed by atoms with Gasteiger partial charge in [0.25, 0.3) is 0 Å². The lowest BCUT2D eigenvalue weighted by molar-refractivity contribution is 0.181. The monoisotopic (exact) mass is 239 g/mol. The summed E-state index contributed by atoms with van der Waals surface area (Å²) in [7, 11) is 3.98. The van der Waals surface area contributed by atoms with Gasteiger partial charge in [0, 0.05) is 39.7 Å². The number of nitrogens with one attached hydrogen (secondary N) is 1. The number of nitrogens with zero attached hydrogens (tertiary/aromatic N) is 2. The van der Waals surface area contributed by atoms with Crippen LogP contribution in [0.5, 0.6) is 0 Å². The molecule has 4 nitrogen and oxygen atoms in total. The van der Waals surface area contributed by atoms with Gasteiger partial charge in [0.05, 0.1) is 6.61 Å². The van der Waals surface area contributed by atoms with Crippen LogP contribution >= 0.6 is 0 Å². The molecule has 0 aromatic rings. The van der Waals surface area contributed by atoms with Crippen molar-refractivity contribution in [1.29, 1.82) is 0 Å². The molecule has 1 saturated heterocycles. The lowest BCUT2D eigenvalue weighted by Gasteiger charge is -2.24. The molecule has 2 aliphatic rings. The number of hydrogen-bond donors (Lipinski definition) is 1. The van der Waals surface area contributed by atoms with Crippen LogP contribution in [0.4, 0.5) is 0 Å². The highest BCUT2D eigenvalue weighted by molar-refractivity contribution is 5.79. The minimum Gasteiger partial charge on any atom is -0.381 e. The summed E-state index contributed by atoms with van der Waals surface area (Å²) in [6, 6.07) is 0. The van der Waals surface area contributed by atoms with Gasteiger partial charge < -0.3 is 15.0 Å². The predicted octanol–water partition coefficient (Wildman–Crippen LogP) is 1.19. The van der Waals surface area contributed by atoms with Crippen LogP contribution in [-0.4, -0.2) is 51.3 Å². The molecular weight excluding hydrogens is 214 g/mol. The average molecular weight is 239 g/mol. The van der Waals surface area contributed by atoms with E-state index in [1.54, 1.807) is 0 Å². The van der Waals surface area contributed by atoms with Crippen molar-refractivity contribution in [1.82, 2.24) is 10.2 Å². The first-order valence-electron chi connectivity index (χ1n) is 6.70. The molecule has 1 saturated carbocycles. The zero-order chi connectivity index (χ0) is 12.3. The average Bonchev–Trinajstić information content (AvgIpc) is 2.79. The van der Waals surface area contributed by atoms with E-state index in [1.165, 1.54) is 12.8 Å². The van der Waals surface area contributed by atoms with Gasteiger partial charge in [0.2, 0.25) is 0 Å². The van der Waals surface area contributed by atoms with E-state index in [4.69, 9.17) is 4.74 Å². The van der Waals surface area contributed by atoms with E-state index in [0.29, 0.717) is 5.92 Å². The van der Waals surface area contributed by atoms with Gasteiger partial charge >= 0.3 is 0 Å². The summed E-state index contributed by atoms with van der Waals surface area (Å²) < 4.78 is 5.41. The lowest BCUT2D eigenvalue weighted by atomic mass is 10.1. The molecule has 0 aromatic heterocycles. The number of rotatable bonds is 4. The maximum absolute atomic E-state index is 5.41. The molecule has 4 heteroatoms. The van der Waals surface area contributed by atoms with Gasteiger partial charge in [-0.3, -0.25) is 4.99 Å². The fourth-order valence-corrected chi connectivity index (χ4v) is 2.49. The van der Waals surface area contributed by atoms with Gasteiger partial charge in [0.15, 0.2) is 5.96 Å². The molecule has 1 aliphatic carbocycles. The zero-order valence-electron chi connectivity index (χ0n) is 11.3. The highest BCUT2D eigenvalue weighted by Gasteiger charge is 2.32. The van der Waals surface area contributed by atoms with Crippen LogP contribution in [0.25, 0.3) is 0 Å². The van der Waals surface area contributed by atoms with Crippen LogP contribution in [0.1, 0.15) is 19.8 Å². The summed E-state index contributed by atoms with van der Waals surface area (Å²) in [6.45, 7) is 6.25. The molecule has 98 valence electrons. The van der Waals surface area contributed by atoms with E-state index in [2.05, 4.69) is 29.2 Å². The van der Waals surface area contributed by atoms with Crippen molar-refractivity contribution in [2.75, 3.05) is 40.4 Å². The number of ether oxygens (including phenoxy) is 1. The SMILES string of the molecule is CN=C(NCC1CC1C)N(C)CC1CCOC1. The first-order valence-corrected chi connectivity index (χ1v) is 6.70. The molecule has 3 unspecified atom stereocenters. The lowest BCUT2D eigenvalue weighted by Crippen LogP contribution is -2.42. The second-order valence-corrected chi connectivity index (χ2v) is 5.51. The van der Waals surface area contributed by atoms with Crippen LogP contribution < -0.4 is 5.32 Å². The van der Waals surface area contributed by atoms with Gasteiger partial charge in [-0.1, -0.05) is 6.92 Å². The van der Waals surface area contributed by atoms with Crippen LogP contribution in [-0.2, 0) is 4.74 Å². The molecule has 0 aromatic carbocycles. The Morgan fingerprint density at radius 3 is 2.82 bits per heavy atom. The van der Waals surface area contributed by atoms with Crippen molar-refractivity contribution in [3.63, 3.8) is 0 Å². The largest absolute Gasteiger partial charge is 0.381 e. The highest BCUT2D eigenvalue weighted by atomic mass is 16.5. The van der Waals surface area contributed by atoms with E-state index >= 15 is 0 Å². The van der Waals surface area contributed by atoms with Crippen molar-refractivity contribution in [2.45, 2.75) is 19.8 Å². The Balaban J connectivity index is 1.72. The molecule has 0 amide bonds. The van der Waals surface area contributed by atoms with E-state index in [0.717, 1.165) is 44.1 Å². The fourth-order valence-electron chi connectivity index (χ4n) is 2.49. The van der Waals surface area contributed by atoms with Crippen LogP contribution in [0.2, 0.25) is 0 Å². The minimum absolute atomic E-state index is 0.665. The van der Waals surface area contributed by atoms with Crippen LogP contribution in [0.15, 0.2) is 4.99 Å². The third kappa shape index (κ3) is 3.60. The van der Waals surface area contributed by atoms with Gasteiger partial charge in [0.1, 0.15) is 0 Å². The van der Waals surface area contributed by atoms with Crippen molar-refractivity contribution >= 4 is 5.96 Å². The van der Waals surface area contributed by atoms with Crippen LogP contribution in [0, 0.1) is 17.8 Å². The summed E-state index contributed by atoms with van der Waals surface area (Å²) in [6.07, 6.45) is 2.55. The maximum atomic E-state index is 5.41. The van der Waals surface area contributed by atoms with Gasteiger partial charge in [-0.15, -0.1) is 0 Å². The minimum atomic E-state index is 0.665. The van der Waals surface area contributed by atoms with Crippen molar-refractivity contribution in [3.8, 4) is 0 Å². The number of aliphatic imine (C=N–C) groups is 1. The quantitative estimate of drug-likeness (QED) is 0.591. The molecule has 1 heterocycles. The smallest absolute Gasteiger partial charge is 0.193 e. The highest BCUT2D eigenvalue weighted by Crippen LogP contribution is 2.36. The number of guanidine groups is 1. The topological polar surface area (TPSA) is 36.9 Å². The molecule has 1 aliphatic heterocycles. The van der Waals surface area contributed by atoms with Gasteiger partial charge in [-0.25, -0.2) is 0 Å². The molecule has 2 rings (SSSR count). The Hall–Kier alpha value is -0.770. The Bertz CT molecular complexity index is 274.